The molecule has 0 aliphatic rings. The Bertz CT molecular complexity index is 539. The third kappa shape index (κ3) is 4.05. The van der Waals surface area contributed by atoms with E-state index in [0.717, 1.165) is 6.07 Å². The number of nitrogens with two attached hydrogens (primary N) is 1. The molecule has 1 aromatic rings. The van der Waals surface area contributed by atoms with Gasteiger partial charge in [0.05, 0.1) is 12.5 Å². The summed E-state index contributed by atoms with van der Waals surface area (Å²) in [7, 11) is 0. The van der Waals surface area contributed by atoms with E-state index in [1.54, 1.807) is 6.07 Å². The molecule has 108 valence electrons. The number of hydrogen-bond donors (Lipinski definition) is 2. The van der Waals surface area contributed by atoms with Crippen LogP contribution in [0, 0.1) is 16.7 Å². The summed E-state index contributed by atoms with van der Waals surface area (Å²) in [6, 6.07) is 6.84. The third-order valence-corrected chi connectivity index (χ3v) is 2.40. The quantitative estimate of drug-likeness (QED) is 0.643. The summed E-state index contributed by atoms with van der Waals surface area (Å²) in [4.78, 5) is 0. The van der Waals surface area contributed by atoms with Crippen molar-refractivity contribution in [3.05, 3.63) is 24.3 Å². The van der Waals surface area contributed by atoms with Gasteiger partial charge in [-0.3, -0.25) is 5.41 Å². The molecule has 5 nitrogen and oxygen atoms in total. The van der Waals surface area contributed by atoms with Crippen molar-refractivity contribution in [1.82, 2.24) is 0 Å². The number of nitrogens with one attached hydrogen (secondary N) is 1. The average Bonchev–Trinajstić information content (AvgIpc) is 2.30. The molecule has 0 bridgehead atoms. The maximum atomic E-state index is 12.3. The number of alkyl halides is 3. The molecule has 0 spiro atoms. The fourth-order valence-electron chi connectivity index (χ4n) is 1.32. The van der Waals surface area contributed by atoms with Crippen LogP contribution >= 0.6 is 0 Å². The van der Waals surface area contributed by atoms with Gasteiger partial charge in [-0.2, -0.15) is 5.26 Å². The zero-order chi connectivity index (χ0) is 15.4. The van der Waals surface area contributed by atoms with Crippen molar-refractivity contribution < 1.29 is 22.6 Å². The highest BCUT2D eigenvalue weighted by molar-refractivity contribution is 5.86. The first-order chi connectivity index (χ1) is 9.18. The second kappa shape index (κ2) is 5.69. The van der Waals surface area contributed by atoms with E-state index in [2.05, 4.69) is 4.74 Å². The molecule has 0 aliphatic heterocycles. The Labute approximate surface area is 113 Å². The molecule has 1 atom stereocenters. The van der Waals surface area contributed by atoms with E-state index in [0.29, 0.717) is 0 Å². The molecule has 1 unspecified atom stereocenters. The van der Waals surface area contributed by atoms with Crippen molar-refractivity contribution >= 4 is 5.84 Å². The van der Waals surface area contributed by atoms with Crippen molar-refractivity contribution in [3.63, 3.8) is 0 Å². The minimum Gasteiger partial charge on any atom is -0.475 e. The molecule has 0 aliphatic carbocycles. The zero-order valence-corrected chi connectivity index (χ0v) is 10.5. The fourth-order valence-corrected chi connectivity index (χ4v) is 1.32. The van der Waals surface area contributed by atoms with Crippen molar-refractivity contribution in [1.29, 1.82) is 10.7 Å². The van der Waals surface area contributed by atoms with Crippen molar-refractivity contribution in [2.24, 2.45) is 5.73 Å². The van der Waals surface area contributed by atoms with Crippen LogP contribution in [0.5, 0.6) is 11.5 Å². The highest BCUT2D eigenvalue weighted by atomic mass is 19.4. The molecule has 20 heavy (non-hydrogen) atoms. The first-order valence-corrected chi connectivity index (χ1v) is 5.43. The number of halogens is 3. The predicted octanol–water partition coefficient (Wildman–Crippen LogP) is 2.57. The lowest BCUT2D eigenvalue weighted by atomic mass is 10.0. The number of nitriles is 1. The van der Waals surface area contributed by atoms with Gasteiger partial charge in [0, 0.05) is 0 Å². The lowest BCUT2D eigenvalue weighted by Crippen LogP contribution is -2.45. The van der Waals surface area contributed by atoms with Gasteiger partial charge in [0.25, 0.3) is 0 Å². The number of ether oxygens (including phenoxy) is 2. The molecule has 0 fully saturated rings. The van der Waals surface area contributed by atoms with E-state index in [4.69, 9.17) is 21.1 Å². The summed E-state index contributed by atoms with van der Waals surface area (Å²) < 4.78 is 45.9. The third-order valence-electron chi connectivity index (χ3n) is 2.40. The van der Waals surface area contributed by atoms with E-state index in [9.17, 15) is 13.2 Å². The highest BCUT2D eigenvalue weighted by Gasteiger charge is 2.35. The van der Waals surface area contributed by atoms with E-state index in [1.807, 2.05) is 0 Å². The van der Waals surface area contributed by atoms with Crippen LogP contribution in [0.25, 0.3) is 0 Å². The second-order valence-electron chi connectivity index (χ2n) is 4.08. The van der Waals surface area contributed by atoms with Crippen LogP contribution in [-0.2, 0) is 0 Å². The maximum absolute atomic E-state index is 12.3. The summed E-state index contributed by atoms with van der Waals surface area (Å²) in [6.07, 6.45) is -5.16. The highest BCUT2D eigenvalue weighted by Crippen LogP contribution is 2.34. The van der Waals surface area contributed by atoms with Gasteiger partial charge >= 0.3 is 6.36 Å². The lowest BCUT2D eigenvalue weighted by molar-refractivity contribution is -0.275. The standard InChI is InChI=1S/C12H12F3N3O2/c1-11(6-7-16,10(17)18)19-8-4-2-3-5-9(8)20-12(13,14)15/h2-5H,6H2,1H3,(H3,17,18). The van der Waals surface area contributed by atoms with Gasteiger partial charge in [-0.15, -0.1) is 13.2 Å². The summed E-state index contributed by atoms with van der Waals surface area (Å²) in [5, 5.41) is 16.1. The van der Waals surface area contributed by atoms with Gasteiger partial charge in [-0.25, -0.2) is 0 Å². The fraction of sp³-hybridized carbons (Fsp3) is 0.333. The summed E-state index contributed by atoms with van der Waals surface area (Å²) >= 11 is 0. The van der Waals surface area contributed by atoms with Gasteiger partial charge in [0.15, 0.2) is 17.1 Å². The van der Waals surface area contributed by atoms with Crippen LogP contribution in [0.3, 0.4) is 0 Å². The molecule has 3 N–H and O–H groups in total. The normalized spacial score (nSPS) is 13.9. The first kappa shape index (κ1) is 15.6. The van der Waals surface area contributed by atoms with Crippen molar-refractivity contribution in [3.8, 4) is 17.6 Å². The van der Waals surface area contributed by atoms with Crippen molar-refractivity contribution in [2.45, 2.75) is 25.3 Å². The zero-order valence-electron chi connectivity index (χ0n) is 10.5. The monoisotopic (exact) mass is 287 g/mol. The minimum absolute atomic E-state index is 0.252. The number of amidine groups is 1. The Hall–Kier alpha value is -2.43. The van der Waals surface area contributed by atoms with Crippen LogP contribution in [-0.4, -0.2) is 17.8 Å². The predicted molar refractivity (Wildman–Crippen MR) is 64.3 cm³/mol. The molecular formula is C12H12F3N3O2. The number of hydrogen-bond acceptors (Lipinski definition) is 4. The number of rotatable bonds is 5. The Morgan fingerprint density at radius 1 is 1.30 bits per heavy atom. The summed E-state index contributed by atoms with van der Waals surface area (Å²) in [6.45, 7) is 1.34. The molecule has 0 saturated heterocycles. The van der Waals surface area contributed by atoms with Crippen molar-refractivity contribution in [2.75, 3.05) is 0 Å². The molecule has 0 amide bonds. The summed E-state index contributed by atoms with van der Waals surface area (Å²) in [5.41, 5.74) is 3.80. The molecule has 1 rings (SSSR count). The Morgan fingerprint density at radius 2 is 1.80 bits per heavy atom. The topological polar surface area (TPSA) is 92.1 Å². The molecule has 1 aromatic carbocycles. The second-order valence-corrected chi connectivity index (χ2v) is 4.08. The van der Waals surface area contributed by atoms with Crippen LogP contribution in [0.2, 0.25) is 0 Å². The summed E-state index contributed by atoms with van der Waals surface area (Å²) in [5.74, 6) is -1.29. The smallest absolute Gasteiger partial charge is 0.475 e. The molecule has 0 radical (unpaired) electrons. The molecule has 8 heteroatoms. The van der Waals surface area contributed by atoms with E-state index < -0.39 is 23.5 Å². The SMILES string of the molecule is CC(CC#N)(Oc1ccccc1OC(F)(F)F)C(=N)N. The molecule has 0 saturated carbocycles. The lowest BCUT2D eigenvalue weighted by Gasteiger charge is -2.28. The van der Waals surface area contributed by atoms with Gasteiger partial charge < -0.3 is 15.2 Å². The molecule has 0 aromatic heterocycles. The van der Waals surface area contributed by atoms with E-state index >= 15 is 0 Å². The number of benzene rings is 1. The first-order valence-electron chi connectivity index (χ1n) is 5.43. The van der Waals surface area contributed by atoms with Gasteiger partial charge in [-0.1, -0.05) is 12.1 Å². The minimum atomic E-state index is -4.87. The Balaban J connectivity index is 3.08. The van der Waals surface area contributed by atoms with Gasteiger partial charge in [-0.05, 0) is 19.1 Å². The van der Waals surface area contributed by atoms with Crippen LogP contribution < -0.4 is 15.2 Å². The molecule has 0 heterocycles. The maximum Gasteiger partial charge on any atom is 0.573 e. The Kier molecular flexibility index (Phi) is 4.45. The van der Waals surface area contributed by atoms with E-state index in [1.165, 1.54) is 25.1 Å². The van der Waals surface area contributed by atoms with Gasteiger partial charge in [0.2, 0.25) is 0 Å². The van der Waals surface area contributed by atoms with E-state index in [-0.39, 0.29) is 12.2 Å². The number of nitrogens with zero attached hydrogens (tertiary/aromatic N) is 1. The molecular weight excluding hydrogens is 275 g/mol. The van der Waals surface area contributed by atoms with Crippen LogP contribution in [0.15, 0.2) is 24.3 Å². The van der Waals surface area contributed by atoms with Crippen LogP contribution in [0.4, 0.5) is 13.2 Å². The number of para-hydroxylation sites is 2. The Morgan fingerprint density at radius 3 is 2.20 bits per heavy atom. The van der Waals surface area contributed by atoms with Crippen LogP contribution in [0.1, 0.15) is 13.3 Å². The average molecular weight is 287 g/mol. The largest absolute Gasteiger partial charge is 0.573 e. The van der Waals surface area contributed by atoms with Gasteiger partial charge in [0.1, 0.15) is 5.84 Å².